The van der Waals surface area contributed by atoms with Gasteiger partial charge in [-0.1, -0.05) is 16.8 Å². The summed E-state index contributed by atoms with van der Waals surface area (Å²) in [5.74, 6) is -0.327. The van der Waals surface area contributed by atoms with E-state index in [2.05, 4.69) is 15.8 Å². The maximum atomic E-state index is 12.9. The molecule has 0 saturated carbocycles. The first-order chi connectivity index (χ1) is 8.54. The van der Waals surface area contributed by atoms with E-state index in [1.165, 1.54) is 12.1 Å². The highest BCUT2D eigenvalue weighted by Gasteiger charge is 2.07. The third-order valence-corrected chi connectivity index (χ3v) is 2.33. The number of anilines is 2. The van der Waals surface area contributed by atoms with Crippen molar-refractivity contribution in [3.05, 3.63) is 40.8 Å². The molecule has 2 amide bonds. The van der Waals surface area contributed by atoms with Gasteiger partial charge in [-0.2, -0.15) is 0 Å². The molecule has 7 heteroatoms. The van der Waals surface area contributed by atoms with Crippen molar-refractivity contribution in [3.8, 4) is 0 Å². The molecule has 0 spiro atoms. The molecule has 2 aromatic rings. The van der Waals surface area contributed by atoms with Gasteiger partial charge in [0.05, 0.1) is 10.7 Å². The Hall–Kier alpha value is -2.08. The summed E-state index contributed by atoms with van der Waals surface area (Å²) >= 11 is 5.59. The summed E-state index contributed by atoms with van der Waals surface area (Å²) in [6.07, 6.45) is 0. The minimum absolute atomic E-state index is 0.0664. The van der Waals surface area contributed by atoms with E-state index in [0.717, 1.165) is 6.07 Å². The first kappa shape index (κ1) is 12.4. The van der Waals surface area contributed by atoms with Crippen LogP contribution in [0.4, 0.5) is 20.8 Å². The first-order valence-corrected chi connectivity index (χ1v) is 5.39. The highest BCUT2D eigenvalue weighted by atomic mass is 35.5. The van der Waals surface area contributed by atoms with Crippen LogP contribution in [0.3, 0.4) is 0 Å². The van der Waals surface area contributed by atoms with Crippen LogP contribution in [0.5, 0.6) is 0 Å². The molecule has 1 heterocycles. The Morgan fingerprint density at radius 1 is 1.39 bits per heavy atom. The van der Waals surface area contributed by atoms with Gasteiger partial charge < -0.3 is 9.84 Å². The molecule has 2 N–H and O–H groups in total. The van der Waals surface area contributed by atoms with Crippen LogP contribution in [0.1, 0.15) is 5.69 Å². The molecule has 0 atom stereocenters. The fourth-order valence-corrected chi connectivity index (χ4v) is 1.45. The Kier molecular flexibility index (Phi) is 3.47. The van der Waals surface area contributed by atoms with Crippen molar-refractivity contribution >= 4 is 29.2 Å². The van der Waals surface area contributed by atoms with E-state index in [0.29, 0.717) is 11.4 Å². The lowest BCUT2D eigenvalue weighted by Gasteiger charge is -2.05. The zero-order chi connectivity index (χ0) is 13.1. The number of urea groups is 1. The average Bonchev–Trinajstić information content (AvgIpc) is 2.69. The summed E-state index contributed by atoms with van der Waals surface area (Å²) in [6.45, 7) is 1.73. The smallest absolute Gasteiger partial charge is 0.326 e. The summed E-state index contributed by atoms with van der Waals surface area (Å²) in [5, 5.41) is 8.46. The van der Waals surface area contributed by atoms with Gasteiger partial charge in [-0.25, -0.2) is 9.18 Å². The maximum absolute atomic E-state index is 12.9. The van der Waals surface area contributed by atoms with Gasteiger partial charge in [-0.3, -0.25) is 5.32 Å². The van der Waals surface area contributed by atoms with Gasteiger partial charge in [0.25, 0.3) is 0 Å². The summed E-state index contributed by atoms with van der Waals surface area (Å²) in [7, 11) is 0. The highest BCUT2D eigenvalue weighted by Crippen LogP contribution is 2.19. The zero-order valence-corrected chi connectivity index (χ0v) is 10.1. The lowest BCUT2D eigenvalue weighted by atomic mass is 10.3. The zero-order valence-electron chi connectivity index (χ0n) is 9.33. The van der Waals surface area contributed by atoms with Gasteiger partial charge in [-0.05, 0) is 25.1 Å². The number of nitrogens with zero attached hydrogens (tertiary/aromatic N) is 1. The number of nitrogens with one attached hydrogen (secondary N) is 2. The number of hydrogen-bond donors (Lipinski definition) is 2. The standard InChI is InChI=1S/C11H9ClFN3O2/c1-6-4-10(18-16-6)15-11(17)14-7-2-3-9(13)8(12)5-7/h2-5H,1H3,(H2,14,15,17). The number of benzene rings is 1. The summed E-state index contributed by atoms with van der Waals surface area (Å²) < 4.78 is 17.7. The Balaban J connectivity index is 2.00. The van der Waals surface area contributed by atoms with Crippen molar-refractivity contribution in [2.75, 3.05) is 10.6 Å². The summed E-state index contributed by atoms with van der Waals surface area (Å²) in [5.41, 5.74) is 1.02. The van der Waals surface area contributed by atoms with Crippen molar-refractivity contribution in [1.29, 1.82) is 0 Å². The number of halogens is 2. The molecule has 0 saturated heterocycles. The molecule has 0 aliphatic rings. The molecule has 1 aromatic carbocycles. The topological polar surface area (TPSA) is 67.2 Å². The second-order valence-electron chi connectivity index (χ2n) is 3.54. The number of carbonyl (C=O) groups is 1. The SMILES string of the molecule is Cc1cc(NC(=O)Nc2ccc(F)c(Cl)c2)on1. The second kappa shape index (κ2) is 5.05. The van der Waals surface area contributed by atoms with E-state index in [-0.39, 0.29) is 10.9 Å². The molecule has 2 rings (SSSR count). The first-order valence-electron chi connectivity index (χ1n) is 5.01. The van der Waals surface area contributed by atoms with E-state index in [1.807, 2.05) is 0 Å². The largest absolute Gasteiger partial charge is 0.338 e. The Bertz CT molecular complexity index is 585. The van der Waals surface area contributed by atoms with Crippen LogP contribution in [0, 0.1) is 12.7 Å². The van der Waals surface area contributed by atoms with E-state index in [9.17, 15) is 9.18 Å². The van der Waals surface area contributed by atoms with Gasteiger partial charge in [0.15, 0.2) is 0 Å². The Labute approximate surface area is 107 Å². The number of aromatic nitrogens is 1. The third kappa shape index (κ3) is 2.98. The van der Waals surface area contributed by atoms with Gasteiger partial charge in [0.2, 0.25) is 5.88 Å². The van der Waals surface area contributed by atoms with Gasteiger partial charge >= 0.3 is 6.03 Å². The van der Waals surface area contributed by atoms with Crippen molar-refractivity contribution in [2.24, 2.45) is 0 Å². The molecule has 94 valence electrons. The lowest BCUT2D eigenvalue weighted by Crippen LogP contribution is -2.19. The predicted octanol–water partition coefficient (Wildman–Crippen LogP) is 3.42. The molecule has 18 heavy (non-hydrogen) atoms. The Morgan fingerprint density at radius 2 is 2.17 bits per heavy atom. The van der Waals surface area contributed by atoms with E-state index in [4.69, 9.17) is 16.1 Å². The van der Waals surface area contributed by atoms with Crippen LogP contribution in [0.25, 0.3) is 0 Å². The molecule has 0 unspecified atom stereocenters. The average molecular weight is 270 g/mol. The van der Waals surface area contributed by atoms with Crippen LogP contribution in [-0.2, 0) is 0 Å². The number of aryl methyl sites for hydroxylation is 1. The molecular formula is C11H9ClFN3O2. The van der Waals surface area contributed by atoms with Crippen LogP contribution in [-0.4, -0.2) is 11.2 Å². The second-order valence-corrected chi connectivity index (χ2v) is 3.95. The van der Waals surface area contributed by atoms with Crippen molar-refractivity contribution in [3.63, 3.8) is 0 Å². The quantitative estimate of drug-likeness (QED) is 0.878. The molecule has 1 aromatic heterocycles. The van der Waals surface area contributed by atoms with Gasteiger partial charge in [0, 0.05) is 11.8 Å². The minimum Gasteiger partial charge on any atom is -0.338 e. The molecular weight excluding hydrogens is 261 g/mol. The van der Waals surface area contributed by atoms with Gasteiger partial charge in [-0.15, -0.1) is 0 Å². The van der Waals surface area contributed by atoms with Gasteiger partial charge in [0.1, 0.15) is 5.82 Å². The van der Waals surface area contributed by atoms with Crippen molar-refractivity contribution in [1.82, 2.24) is 5.16 Å². The maximum Gasteiger partial charge on any atom is 0.326 e. The molecule has 0 fully saturated rings. The fraction of sp³-hybridized carbons (Fsp3) is 0.0909. The molecule has 0 bridgehead atoms. The molecule has 0 aliphatic heterocycles. The van der Waals surface area contributed by atoms with Crippen molar-refractivity contribution < 1.29 is 13.7 Å². The monoisotopic (exact) mass is 269 g/mol. The minimum atomic E-state index is -0.548. The van der Waals surface area contributed by atoms with Crippen LogP contribution >= 0.6 is 11.6 Å². The number of carbonyl (C=O) groups excluding carboxylic acids is 1. The predicted molar refractivity (Wildman–Crippen MR) is 65.3 cm³/mol. The molecule has 0 aliphatic carbocycles. The van der Waals surface area contributed by atoms with Crippen LogP contribution in [0.2, 0.25) is 5.02 Å². The number of hydrogen-bond acceptors (Lipinski definition) is 3. The number of amides is 2. The molecule has 0 radical (unpaired) electrons. The van der Waals surface area contributed by atoms with Crippen LogP contribution in [0.15, 0.2) is 28.8 Å². The summed E-state index contributed by atoms with van der Waals surface area (Å²) in [6, 6.07) is 4.90. The highest BCUT2D eigenvalue weighted by molar-refractivity contribution is 6.31. The normalized spacial score (nSPS) is 10.2. The Morgan fingerprint density at radius 3 is 2.78 bits per heavy atom. The number of rotatable bonds is 2. The fourth-order valence-electron chi connectivity index (χ4n) is 1.27. The van der Waals surface area contributed by atoms with E-state index >= 15 is 0 Å². The molecule has 5 nitrogen and oxygen atoms in total. The van der Waals surface area contributed by atoms with E-state index < -0.39 is 11.8 Å². The van der Waals surface area contributed by atoms with Crippen molar-refractivity contribution in [2.45, 2.75) is 6.92 Å². The van der Waals surface area contributed by atoms with Crippen LogP contribution < -0.4 is 10.6 Å². The summed E-state index contributed by atoms with van der Waals surface area (Å²) in [4.78, 5) is 11.5. The third-order valence-electron chi connectivity index (χ3n) is 2.04. The lowest BCUT2D eigenvalue weighted by molar-refractivity contribution is 0.261. The van der Waals surface area contributed by atoms with E-state index in [1.54, 1.807) is 13.0 Å².